The highest BCUT2D eigenvalue weighted by atomic mass is 19.4. The van der Waals surface area contributed by atoms with Gasteiger partial charge in [0, 0.05) is 18.8 Å². The van der Waals surface area contributed by atoms with E-state index in [0.717, 1.165) is 6.20 Å². The van der Waals surface area contributed by atoms with Crippen molar-refractivity contribution in [2.45, 2.75) is 12.2 Å². The Kier molecular flexibility index (Phi) is 3.39. The molecule has 1 heterocycles. The number of hydrogen-bond acceptors (Lipinski definition) is 3. The summed E-state index contributed by atoms with van der Waals surface area (Å²) in [5.41, 5.74) is -0.0439. The molecule has 9 heteroatoms. The third kappa shape index (κ3) is 3.20. The lowest BCUT2D eigenvalue weighted by Crippen LogP contribution is -2.41. The Balaban J connectivity index is 2.89. The highest BCUT2D eigenvalue weighted by Gasteiger charge is 2.41. The number of aromatic nitrogens is 2. The number of carbonyl (C=O) groups is 2. The van der Waals surface area contributed by atoms with Gasteiger partial charge < -0.3 is 10.4 Å². The van der Waals surface area contributed by atoms with Gasteiger partial charge in [-0.1, -0.05) is 0 Å². The molecule has 6 nitrogen and oxygen atoms in total. The highest BCUT2D eigenvalue weighted by Crippen LogP contribution is 2.18. The van der Waals surface area contributed by atoms with Gasteiger partial charge in [0.2, 0.25) is 0 Å². The Morgan fingerprint density at radius 3 is 2.47 bits per heavy atom. The molecule has 1 atom stereocenters. The van der Waals surface area contributed by atoms with E-state index in [2.05, 4.69) is 5.10 Å². The van der Waals surface area contributed by atoms with Crippen molar-refractivity contribution in [1.29, 1.82) is 0 Å². The predicted molar refractivity (Wildman–Crippen MR) is 47.8 cm³/mol. The summed E-state index contributed by atoms with van der Waals surface area (Å²) in [6, 6.07) is -1.78. The fourth-order valence-electron chi connectivity index (χ4n) is 1.09. The maximum Gasteiger partial charge on any atom is 0.471 e. The molecule has 0 aliphatic carbocycles. The van der Waals surface area contributed by atoms with Crippen LogP contribution in [0, 0.1) is 0 Å². The van der Waals surface area contributed by atoms with Crippen LogP contribution in [0.5, 0.6) is 0 Å². The van der Waals surface area contributed by atoms with E-state index < -0.39 is 24.1 Å². The summed E-state index contributed by atoms with van der Waals surface area (Å²) in [6.45, 7) is 0. The summed E-state index contributed by atoms with van der Waals surface area (Å²) in [4.78, 5) is 21.4. The molecule has 0 aliphatic rings. The van der Waals surface area contributed by atoms with E-state index >= 15 is 0 Å². The van der Waals surface area contributed by atoms with Gasteiger partial charge in [0.1, 0.15) is 0 Å². The molecule has 2 N–H and O–H groups in total. The molecule has 0 fully saturated rings. The number of carboxylic acid groups (broad SMARTS) is 1. The normalized spacial score (nSPS) is 13.2. The molecule has 1 amide bonds. The topological polar surface area (TPSA) is 84.2 Å². The van der Waals surface area contributed by atoms with Gasteiger partial charge in [0.05, 0.1) is 6.20 Å². The molecule has 0 saturated carbocycles. The second-order valence-electron chi connectivity index (χ2n) is 3.19. The maximum absolute atomic E-state index is 12.0. The van der Waals surface area contributed by atoms with E-state index in [1.54, 1.807) is 0 Å². The number of nitrogens with one attached hydrogen (secondary N) is 1. The molecule has 1 unspecified atom stereocenters. The molecule has 1 rings (SSSR count). The Bertz CT molecular complexity index is 441. The highest BCUT2D eigenvalue weighted by molar-refractivity contribution is 5.87. The predicted octanol–water partition coefficient (Wildman–Crippen LogP) is 0.224. The number of halogens is 3. The number of aliphatic carboxylic acids is 1. The molecule has 0 aliphatic heterocycles. The maximum atomic E-state index is 12.0. The van der Waals surface area contributed by atoms with Gasteiger partial charge in [-0.2, -0.15) is 18.3 Å². The zero-order chi connectivity index (χ0) is 13.2. The minimum absolute atomic E-state index is 0.0439. The van der Waals surface area contributed by atoms with Crippen molar-refractivity contribution in [3.05, 3.63) is 18.0 Å². The van der Waals surface area contributed by atoms with Crippen LogP contribution in [0.4, 0.5) is 13.2 Å². The minimum Gasteiger partial charge on any atom is -0.479 e. The zero-order valence-corrected chi connectivity index (χ0v) is 8.52. The molecule has 1 aromatic heterocycles. The van der Waals surface area contributed by atoms with Gasteiger partial charge in [-0.3, -0.25) is 9.48 Å². The van der Waals surface area contributed by atoms with Crippen LogP contribution in [0.15, 0.2) is 12.4 Å². The summed E-state index contributed by atoms with van der Waals surface area (Å²) in [6.07, 6.45) is -2.86. The molecule has 94 valence electrons. The quantitative estimate of drug-likeness (QED) is 0.805. The van der Waals surface area contributed by atoms with E-state index in [0.29, 0.717) is 0 Å². The SMILES string of the molecule is Cn1cc(C(NC(=O)C(F)(F)F)C(=O)O)cn1. The van der Waals surface area contributed by atoms with Gasteiger partial charge in [0.25, 0.3) is 0 Å². The van der Waals surface area contributed by atoms with E-state index in [1.807, 2.05) is 0 Å². The van der Waals surface area contributed by atoms with Crippen LogP contribution in [-0.4, -0.2) is 32.9 Å². The number of carbonyl (C=O) groups excluding carboxylic acids is 1. The minimum atomic E-state index is -5.13. The van der Waals surface area contributed by atoms with Crippen molar-refractivity contribution < 1.29 is 27.9 Å². The molecule has 0 bridgehead atoms. The molecular formula is C8H8F3N3O3. The van der Waals surface area contributed by atoms with E-state index in [-0.39, 0.29) is 5.56 Å². The summed E-state index contributed by atoms with van der Waals surface area (Å²) in [5, 5.41) is 13.7. The lowest BCUT2D eigenvalue weighted by Gasteiger charge is -2.13. The average molecular weight is 251 g/mol. The first kappa shape index (κ1) is 13.0. The first-order chi connectivity index (χ1) is 7.71. The van der Waals surface area contributed by atoms with Crippen molar-refractivity contribution in [1.82, 2.24) is 15.1 Å². The van der Waals surface area contributed by atoms with Gasteiger partial charge in [-0.25, -0.2) is 4.79 Å². The van der Waals surface area contributed by atoms with Crippen LogP contribution in [0.2, 0.25) is 0 Å². The lowest BCUT2D eigenvalue weighted by atomic mass is 10.1. The zero-order valence-electron chi connectivity index (χ0n) is 8.52. The Morgan fingerprint density at radius 2 is 2.12 bits per heavy atom. The van der Waals surface area contributed by atoms with Gasteiger partial charge in [-0.15, -0.1) is 0 Å². The molecule has 1 aromatic rings. The average Bonchev–Trinajstić information content (AvgIpc) is 2.58. The van der Waals surface area contributed by atoms with Crippen LogP contribution in [0.25, 0.3) is 0 Å². The fraction of sp³-hybridized carbons (Fsp3) is 0.375. The Hall–Kier alpha value is -2.06. The molecule has 0 saturated heterocycles. The summed E-state index contributed by atoms with van der Waals surface area (Å²) in [7, 11) is 1.47. The Labute approximate surface area is 93.0 Å². The number of nitrogens with zero attached hydrogens (tertiary/aromatic N) is 2. The number of carboxylic acids is 1. The monoisotopic (exact) mass is 251 g/mol. The molecule has 0 aromatic carbocycles. The van der Waals surface area contributed by atoms with E-state index in [4.69, 9.17) is 5.11 Å². The van der Waals surface area contributed by atoms with E-state index in [1.165, 1.54) is 23.2 Å². The number of hydrogen-bond donors (Lipinski definition) is 2. The molecule has 0 spiro atoms. The summed E-state index contributed by atoms with van der Waals surface area (Å²) < 4.78 is 37.1. The van der Waals surface area contributed by atoms with Crippen molar-refractivity contribution in [2.75, 3.05) is 0 Å². The van der Waals surface area contributed by atoms with Crippen LogP contribution in [0.1, 0.15) is 11.6 Å². The van der Waals surface area contributed by atoms with Gasteiger partial charge in [0.15, 0.2) is 6.04 Å². The third-order valence-corrected chi connectivity index (χ3v) is 1.84. The van der Waals surface area contributed by atoms with Crippen molar-refractivity contribution >= 4 is 11.9 Å². The van der Waals surface area contributed by atoms with Crippen LogP contribution >= 0.6 is 0 Å². The molecular weight excluding hydrogens is 243 g/mol. The lowest BCUT2D eigenvalue weighted by molar-refractivity contribution is -0.175. The van der Waals surface area contributed by atoms with Crippen LogP contribution < -0.4 is 5.32 Å². The largest absolute Gasteiger partial charge is 0.479 e. The van der Waals surface area contributed by atoms with Crippen LogP contribution in [-0.2, 0) is 16.6 Å². The third-order valence-electron chi connectivity index (χ3n) is 1.84. The molecule has 17 heavy (non-hydrogen) atoms. The van der Waals surface area contributed by atoms with Crippen molar-refractivity contribution in [3.63, 3.8) is 0 Å². The molecule has 0 radical (unpaired) electrons. The summed E-state index contributed by atoms with van der Waals surface area (Å²) in [5.74, 6) is -3.91. The van der Waals surface area contributed by atoms with E-state index in [9.17, 15) is 22.8 Å². The summed E-state index contributed by atoms with van der Waals surface area (Å²) >= 11 is 0. The van der Waals surface area contributed by atoms with Crippen molar-refractivity contribution in [3.8, 4) is 0 Å². The first-order valence-electron chi connectivity index (χ1n) is 4.31. The standard InChI is InChI=1S/C8H8F3N3O3/c1-14-3-4(2-12-14)5(6(15)16)13-7(17)8(9,10)11/h2-3,5H,1H3,(H,13,17)(H,15,16). The smallest absolute Gasteiger partial charge is 0.471 e. The number of amides is 1. The van der Waals surface area contributed by atoms with Crippen LogP contribution in [0.3, 0.4) is 0 Å². The van der Waals surface area contributed by atoms with Crippen molar-refractivity contribution in [2.24, 2.45) is 7.05 Å². The van der Waals surface area contributed by atoms with Gasteiger partial charge >= 0.3 is 18.1 Å². The second kappa shape index (κ2) is 4.44. The number of rotatable bonds is 3. The second-order valence-corrected chi connectivity index (χ2v) is 3.19. The number of aryl methyl sites for hydroxylation is 1. The van der Waals surface area contributed by atoms with Gasteiger partial charge in [-0.05, 0) is 0 Å². The fourth-order valence-corrected chi connectivity index (χ4v) is 1.09. The Morgan fingerprint density at radius 1 is 1.53 bits per heavy atom. The first-order valence-corrected chi connectivity index (χ1v) is 4.31. The number of alkyl halides is 3.